The maximum absolute atomic E-state index is 13.6. The van der Waals surface area contributed by atoms with E-state index in [1.165, 1.54) is 6.07 Å². The van der Waals surface area contributed by atoms with Gasteiger partial charge in [0.25, 0.3) is 0 Å². The highest BCUT2D eigenvalue weighted by molar-refractivity contribution is 5.73. The highest BCUT2D eigenvalue weighted by Gasteiger charge is 2.26. The number of nitrogens with one attached hydrogen (secondary N) is 1. The summed E-state index contributed by atoms with van der Waals surface area (Å²) in [5.74, 6) is -0.653. The van der Waals surface area contributed by atoms with Crippen LogP contribution >= 0.6 is 0 Å². The van der Waals surface area contributed by atoms with E-state index in [1.54, 1.807) is 0 Å². The van der Waals surface area contributed by atoms with E-state index in [-0.39, 0.29) is 6.04 Å². The van der Waals surface area contributed by atoms with Crippen molar-refractivity contribution in [2.75, 3.05) is 23.8 Å². The summed E-state index contributed by atoms with van der Waals surface area (Å²) >= 11 is 0. The van der Waals surface area contributed by atoms with E-state index in [2.05, 4.69) is 19.2 Å². The molecule has 88 valence electrons. The van der Waals surface area contributed by atoms with Gasteiger partial charge in [0.05, 0.1) is 11.4 Å². The Morgan fingerprint density at radius 2 is 2.06 bits per heavy atom. The fourth-order valence-electron chi connectivity index (χ4n) is 2.01. The fraction of sp³-hybridized carbons (Fsp3) is 0.500. The van der Waals surface area contributed by atoms with E-state index in [0.29, 0.717) is 17.3 Å². The molecule has 0 spiro atoms. The molecule has 1 aromatic rings. The normalized spacial score (nSPS) is 19.6. The number of hydrogen-bond donors (Lipinski definition) is 1. The molecule has 0 saturated carbocycles. The lowest BCUT2D eigenvalue weighted by molar-refractivity contribution is 0.504. The molecule has 1 atom stereocenters. The van der Waals surface area contributed by atoms with Gasteiger partial charge >= 0.3 is 0 Å². The Labute approximate surface area is 94.3 Å². The highest BCUT2D eigenvalue weighted by atomic mass is 19.1. The van der Waals surface area contributed by atoms with Crippen LogP contribution in [0.5, 0.6) is 0 Å². The van der Waals surface area contributed by atoms with E-state index in [4.69, 9.17) is 0 Å². The zero-order chi connectivity index (χ0) is 11.9. The summed E-state index contributed by atoms with van der Waals surface area (Å²) in [6, 6.07) is 2.47. The largest absolute Gasteiger partial charge is 0.376 e. The molecule has 0 fully saturated rings. The number of hydrogen-bond acceptors (Lipinski definition) is 2. The van der Waals surface area contributed by atoms with Crippen LogP contribution in [-0.2, 0) is 0 Å². The lowest BCUT2D eigenvalue weighted by Crippen LogP contribution is -2.42. The van der Waals surface area contributed by atoms with Crippen molar-refractivity contribution in [2.24, 2.45) is 5.92 Å². The number of benzene rings is 1. The van der Waals surface area contributed by atoms with Gasteiger partial charge in [0, 0.05) is 25.7 Å². The van der Waals surface area contributed by atoms with Crippen molar-refractivity contribution in [3.8, 4) is 0 Å². The van der Waals surface area contributed by atoms with Gasteiger partial charge in [-0.3, -0.25) is 0 Å². The van der Waals surface area contributed by atoms with Crippen molar-refractivity contribution in [1.29, 1.82) is 0 Å². The molecule has 0 bridgehead atoms. The Kier molecular flexibility index (Phi) is 2.74. The number of anilines is 2. The van der Waals surface area contributed by atoms with Crippen LogP contribution in [0.3, 0.4) is 0 Å². The molecule has 1 N–H and O–H groups in total. The average molecular weight is 226 g/mol. The molecule has 1 unspecified atom stereocenters. The van der Waals surface area contributed by atoms with Crippen LogP contribution in [0.1, 0.15) is 13.8 Å². The van der Waals surface area contributed by atoms with Crippen LogP contribution in [0.15, 0.2) is 12.1 Å². The minimum atomic E-state index is -0.534. The average Bonchev–Trinajstić information content (AvgIpc) is 2.19. The van der Waals surface area contributed by atoms with E-state index >= 15 is 0 Å². The molecule has 0 aliphatic carbocycles. The van der Waals surface area contributed by atoms with Crippen molar-refractivity contribution < 1.29 is 8.78 Å². The third-order valence-electron chi connectivity index (χ3n) is 3.05. The molecule has 1 aliphatic rings. The van der Waals surface area contributed by atoms with E-state index < -0.39 is 11.6 Å². The monoisotopic (exact) mass is 226 g/mol. The minimum Gasteiger partial charge on any atom is -0.376 e. The molecule has 0 aromatic heterocycles. The lowest BCUT2D eigenvalue weighted by Gasteiger charge is -2.37. The van der Waals surface area contributed by atoms with Gasteiger partial charge in [-0.1, -0.05) is 13.8 Å². The number of fused-ring (bicyclic) bond motifs is 1. The highest BCUT2D eigenvalue weighted by Crippen LogP contribution is 2.34. The molecular weight excluding hydrogens is 210 g/mol. The summed E-state index contributed by atoms with van der Waals surface area (Å²) in [5, 5.41) is 3.14. The number of halogens is 2. The van der Waals surface area contributed by atoms with E-state index in [1.807, 2.05) is 11.9 Å². The van der Waals surface area contributed by atoms with Gasteiger partial charge < -0.3 is 10.2 Å². The quantitative estimate of drug-likeness (QED) is 0.792. The summed E-state index contributed by atoms with van der Waals surface area (Å²) in [6.45, 7) is 4.92. The topological polar surface area (TPSA) is 15.3 Å². The summed E-state index contributed by atoms with van der Waals surface area (Å²) in [6.07, 6.45) is 0. The first-order valence-electron chi connectivity index (χ1n) is 5.45. The first-order chi connectivity index (χ1) is 7.49. The first kappa shape index (κ1) is 11.2. The lowest BCUT2D eigenvalue weighted by atomic mass is 10.00. The Morgan fingerprint density at radius 1 is 1.38 bits per heavy atom. The summed E-state index contributed by atoms with van der Waals surface area (Å²) < 4.78 is 26.7. The van der Waals surface area contributed by atoms with Gasteiger partial charge in [-0.25, -0.2) is 8.78 Å². The Morgan fingerprint density at radius 3 is 2.69 bits per heavy atom. The number of nitrogens with zero attached hydrogens (tertiary/aromatic N) is 1. The van der Waals surface area contributed by atoms with Crippen LogP contribution in [-0.4, -0.2) is 19.6 Å². The van der Waals surface area contributed by atoms with Crippen molar-refractivity contribution >= 4 is 11.4 Å². The summed E-state index contributed by atoms with van der Waals surface area (Å²) in [7, 11) is 1.86. The van der Waals surface area contributed by atoms with Gasteiger partial charge in [0.2, 0.25) is 0 Å². The van der Waals surface area contributed by atoms with Gasteiger partial charge in [0.1, 0.15) is 5.82 Å². The first-order valence-corrected chi connectivity index (χ1v) is 5.45. The molecule has 1 aliphatic heterocycles. The third kappa shape index (κ3) is 1.84. The van der Waals surface area contributed by atoms with Crippen LogP contribution in [0.4, 0.5) is 20.2 Å². The predicted molar refractivity (Wildman–Crippen MR) is 61.9 cm³/mol. The van der Waals surface area contributed by atoms with Gasteiger partial charge in [0.15, 0.2) is 5.82 Å². The molecule has 16 heavy (non-hydrogen) atoms. The third-order valence-corrected chi connectivity index (χ3v) is 3.05. The number of likely N-dealkylation sites (N-methyl/N-ethyl adjacent to an activating group) is 1. The molecule has 2 nitrogen and oxygen atoms in total. The number of rotatable bonds is 1. The summed E-state index contributed by atoms with van der Waals surface area (Å²) in [5.41, 5.74) is 1.00. The molecule has 1 heterocycles. The molecule has 1 aromatic carbocycles. The molecule has 0 amide bonds. The van der Waals surface area contributed by atoms with Crippen molar-refractivity contribution in [3.05, 3.63) is 23.8 Å². The van der Waals surface area contributed by atoms with E-state index in [0.717, 1.165) is 12.6 Å². The fourth-order valence-corrected chi connectivity index (χ4v) is 2.01. The SMILES string of the molecule is CC(C)C1CN(C)c2cc(F)cc(F)c2N1. The van der Waals surface area contributed by atoms with Crippen LogP contribution in [0.25, 0.3) is 0 Å². The Balaban J connectivity index is 2.42. The molecule has 2 rings (SSSR count). The second-order valence-corrected chi connectivity index (χ2v) is 4.66. The van der Waals surface area contributed by atoms with E-state index in [9.17, 15) is 8.78 Å². The standard InChI is InChI=1S/C12H16F2N2/c1-7(2)10-6-16(3)11-5-8(13)4-9(14)12(11)15-10/h4-5,7,10,15H,6H2,1-3H3. The summed E-state index contributed by atoms with van der Waals surface area (Å²) in [4.78, 5) is 1.89. The predicted octanol–water partition coefficient (Wildman–Crippen LogP) is 2.85. The minimum absolute atomic E-state index is 0.192. The maximum atomic E-state index is 13.6. The van der Waals surface area contributed by atoms with Crippen molar-refractivity contribution in [1.82, 2.24) is 0 Å². The van der Waals surface area contributed by atoms with Crippen molar-refractivity contribution in [2.45, 2.75) is 19.9 Å². The maximum Gasteiger partial charge on any atom is 0.151 e. The zero-order valence-electron chi connectivity index (χ0n) is 9.72. The Bertz CT molecular complexity index is 404. The zero-order valence-corrected chi connectivity index (χ0v) is 9.72. The smallest absolute Gasteiger partial charge is 0.151 e. The van der Waals surface area contributed by atoms with Crippen LogP contribution in [0, 0.1) is 17.6 Å². The Hall–Kier alpha value is -1.32. The second kappa shape index (κ2) is 3.92. The second-order valence-electron chi connectivity index (χ2n) is 4.66. The van der Waals surface area contributed by atoms with Gasteiger partial charge in [-0.05, 0) is 12.0 Å². The van der Waals surface area contributed by atoms with Gasteiger partial charge in [-0.15, -0.1) is 0 Å². The molecule has 0 saturated heterocycles. The molecular formula is C12H16F2N2. The molecule has 0 radical (unpaired) electrons. The molecule has 4 heteroatoms. The van der Waals surface area contributed by atoms with Crippen LogP contribution in [0.2, 0.25) is 0 Å². The van der Waals surface area contributed by atoms with Crippen LogP contribution < -0.4 is 10.2 Å². The van der Waals surface area contributed by atoms with Gasteiger partial charge in [-0.2, -0.15) is 0 Å². The van der Waals surface area contributed by atoms with Crippen molar-refractivity contribution in [3.63, 3.8) is 0 Å².